The third-order valence-corrected chi connectivity index (χ3v) is 1.65. The molecular weight excluding hydrogens is 168 g/mol. The molecule has 2 heterocycles. The van der Waals surface area contributed by atoms with Crippen molar-refractivity contribution in [1.82, 2.24) is 20.4 Å². The van der Waals surface area contributed by atoms with E-state index in [0.717, 1.165) is 11.2 Å². The van der Waals surface area contributed by atoms with Gasteiger partial charge in [0.2, 0.25) is 0 Å². The second-order valence-electron chi connectivity index (χ2n) is 2.54. The molecule has 0 aliphatic carbocycles. The number of nitrogens with zero attached hydrogens (tertiary/aromatic N) is 3. The first-order valence-corrected chi connectivity index (χ1v) is 3.84. The fourth-order valence-corrected chi connectivity index (χ4v) is 1.07. The number of aromatic nitrogens is 3. The summed E-state index contributed by atoms with van der Waals surface area (Å²) in [5.74, 6) is 0. The molecule has 2 aromatic heterocycles. The summed E-state index contributed by atoms with van der Waals surface area (Å²) in [5.41, 5.74) is 4.12. The van der Waals surface area contributed by atoms with Crippen molar-refractivity contribution in [3.05, 3.63) is 30.2 Å². The molecular formula is C8H8N4O. The van der Waals surface area contributed by atoms with E-state index in [2.05, 4.69) is 15.0 Å². The molecule has 5 nitrogen and oxygen atoms in total. The molecule has 0 saturated heterocycles. The van der Waals surface area contributed by atoms with E-state index in [4.69, 9.17) is 5.21 Å². The van der Waals surface area contributed by atoms with E-state index in [-0.39, 0.29) is 0 Å². The Labute approximate surface area is 74.4 Å². The zero-order valence-electron chi connectivity index (χ0n) is 6.81. The fourth-order valence-electron chi connectivity index (χ4n) is 1.07. The number of hydrogen-bond donors (Lipinski definition) is 2. The lowest BCUT2D eigenvalue weighted by atomic mass is 10.3. The lowest BCUT2D eigenvalue weighted by Crippen LogP contribution is -2.07. The van der Waals surface area contributed by atoms with Crippen molar-refractivity contribution < 1.29 is 5.21 Å². The van der Waals surface area contributed by atoms with Gasteiger partial charge in [-0.05, 0) is 12.1 Å². The highest BCUT2D eigenvalue weighted by Gasteiger charge is 1.98. The van der Waals surface area contributed by atoms with Gasteiger partial charge in [0.1, 0.15) is 5.52 Å². The molecule has 0 unspecified atom stereocenters. The van der Waals surface area contributed by atoms with Crippen LogP contribution in [0.5, 0.6) is 0 Å². The van der Waals surface area contributed by atoms with Crippen LogP contribution in [0.4, 0.5) is 0 Å². The Hall–Kier alpha value is -1.59. The minimum absolute atomic E-state index is 0.312. The molecule has 0 spiro atoms. The Morgan fingerprint density at radius 3 is 2.92 bits per heavy atom. The summed E-state index contributed by atoms with van der Waals surface area (Å²) in [6.07, 6.45) is 3.21. The fraction of sp³-hybridized carbons (Fsp3) is 0.125. The first-order valence-electron chi connectivity index (χ1n) is 3.84. The van der Waals surface area contributed by atoms with Gasteiger partial charge >= 0.3 is 0 Å². The summed E-state index contributed by atoms with van der Waals surface area (Å²) >= 11 is 0. The summed E-state index contributed by atoms with van der Waals surface area (Å²) in [5, 5.41) is 8.47. The van der Waals surface area contributed by atoms with E-state index >= 15 is 0 Å². The van der Waals surface area contributed by atoms with E-state index in [1.54, 1.807) is 18.5 Å². The van der Waals surface area contributed by atoms with Crippen LogP contribution in [-0.4, -0.2) is 20.2 Å². The minimum Gasteiger partial charge on any atom is -0.316 e. The smallest absolute Gasteiger partial charge is 0.178 e. The summed E-state index contributed by atoms with van der Waals surface area (Å²) < 4.78 is 0. The van der Waals surface area contributed by atoms with Crippen molar-refractivity contribution >= 4 is 11.2 Å². The molecule has 2 rings (SSSR count). The normalized spacial score (nSPS) is 10.5. The number of pyridine rings is 1. The average molecular weight is 176 g/mol. The molecule has 5 heteroatoms. The van der Waals surface area contributed by atoms with Crippen molar-refractivity contribution in [3.8, 4) is 0 Å². The largest absolute Gasteiger partial charge is 0.316 e. The first-order chi connectivity index (χ1) is 6.40. The van der Waals surface area contributed by atoms with Crippen molar-refractivity contribution in [2.75, 3.05) is 0 Å². The van der Waals surface area contributed by atoms with E-state index in [0.29, 0.717) is 12.2 Å². The van der Waals surface area contributed by atoms with E-state index in [9.17, 15) is 0 Å². The Balaban J connectivity index is 2.49. The highest BCUT2D eigenvalue weighted by atomic mass is 16.5. The second kappa shape index (κ2) is 3.42. The molecule has 2 aromatic rings. The zero-order chi connectivity index (χ0) is 9.10. The second-order valence-corrected chi connectivity index (χ2v) is 2.54. The maximum atomic E-state index is 8.47. The number of nitrogens with one attached hydrogen (secondary N) is 1. The van der Waals surface area contributed by atoms with Crippen molar-refractivity contribution in [3.63, 3.8) is 0 Å². The van der Waals surface area contributed by atoms with Crippen molar-refractivity contribution in [1.29, 1.82) is 0 Å². The minimum atomic E-state index is 0.312. The van der Waals surface area contributed by atoms with E-state index in [1.165, 1.54) is 0 Å². The van der Waals surface area contributed by atoms with Crippen LogP contribution >= 0.6 is 0 Å². The Morgan fingerprint density at radius 2 is 2.08 bits per heavy atom. The SMILES string of the molecule is ONCc1ccc2nccnc2n1. The van der Waals surface area contributed by atoms with Crippen LogP contribution in [0.3, 0.4) is 0 Å². The van der Waals surface area contributed by atoms with Gasteiger partial charge in [0.05, 0.1) is 12.2 Å². The highest BCUT2D eigenvalue weighted by molar-refractivity contribution is 5.68. The molecule has 0 saturated carbocycles. The van der Waals surface area contributed by atoms with Gasteiger partial charge in [-0.2, -0.15) is 5.48 Å². The van der Waals surface area contributed by atoms with Crippen LogP contribution in [0, 0.1) is 0 Å². The molecule has 0 aliphatic rings. The monoisotopic (exact) mass is 176 g/mol. The van der Waals surface area contributed by atoms with Gasteiger partial charge in [0.15, 0.2) is 5.65 Å². The lowest BCUT2D eigenvalue weighted by molar-refractivity contribution is 0.160. The standard InChI is InChI=1S/C8H8N4O/c13-11-5-6-1-2-7-8(12-6)10-4-3-9-7/h1-4,11,13H,5H2. The molecule has 0 radical (unpaired) electrons. The van der Waals surface area contributed by atoms with Gasteiger partial charge < -0.3 is 5.21 Å². The summed E-state index contributed by atoms with van der Waals surface area (Å²) in [4.78, 5) is 12.3. The first kappa shape index (κ1) is 8.03. The van der Waals surface area contributed by atoms with Crippen LogP contribution in [-0.2, 0) is 6.54 Å². The molecule has 0 aliphatic heterocycles. The van der Waals surface area contributed by atoms with Crippen LogP contribution in [0.1, 0.15) is 5.69 Å². The van der Waals surface area contributed by atoms with Gasteiger partial charge in [-0.25, -0.2) is 9.97 Å². The predicted molar refractivity (Wildman–Crippen MR) is 46.0 cm³/mol. The van der Waals surface area contributed by atoms with Gasteiger partial charge in [-0.15, -0.1) is 0 Å². The topological polar surface area (TPSA) is 70.9 Å². The molecule has 66 valence electrons. The van der Waals surface area contributed by atoms with Gasteiger partial charge in [-0.3, -0.25) is 4.98 Å². The van der Waals surface area contributed by atoms with Crippen molar-refractivity contribution in [2.45, 2.75) is 6.54 Å². The van der Waals surface area contributed by atoms with Crippen LogP contribution in [0.2, 0.25) is 0 Å². The third-order valence-electron chi connectivity index (χ3n) is 1.65. The summed E-state index contributed by atoms with van der Waals surface area (Å²) in [6.45, 7) is 0.312. The van der Waals surface area contributed by atoms with Crippen molar-refractivity contribution in [2.24, 2.45) is 0 Å². The Morgan fingerprint density at radius 1 is 1.23 bits per heavy atom. The Kier molecular flexibility index (Phi) is 2.11. The summed E-state index contributed by atoms with van der Waals surface area (Å²) in [7, 11) is 0. The number of fused-ring (bicyclic) bond motifs is 1. The van der Waals surface area contributed by atoms with E-state index < -0.39 is 0 Å². The van der Waals surface area contributed by atoms with Gasteiger partial charge in [-0.1, -0.05) is 0 Å². The molecule has 2 N–H and O–H groups in total. The Bertz CT molecular complexity index is 418. The van der Waals surface area contributed by atoms with Crippen LogP contribution in [0.25, 0.3) is 11.2 Å². The number of rotatable bonds is 2. The van der Waals surface area contributed by atoms with E-state index in [1.807, 2.05) is 11.5 Å². The predicted octanol–water partition coefficient (Wildman–Crippen LogP) is 0.504. The molecule has 0 amide bonds. The lowest BCUT2D eigenvalue weighted by Gasteiger charge is -1.99. The molecule has 0 aromatic carbocycles. The molecule has 0 bridgehead atoms. The maximum Gasteiger partial charge on any atom is 0.178 e. The molecule has 0 atom stereocenters. The number of hydrogen-bond acceptors (Lipinski definition) is 5. The average Bonchev–Trinajstić information content (AvgIpc) is 2.18. The van der Waals surface area contributed by atoms with Crippen LogP contribution in [0.15, 0.2) is 24.5 Å². The zero-order valence-corrected chi connectivity index (χ0v) is 6.81. The quantitative estimate of drug-likeness (QED) is 0.652. The van der Waals surface area contributed by atoms with Crippen LogP contribution < -0.4 is 5.48 Å². The molecule has 0 fully saturated rings. The van der Waals surface area contributed by atoms with Gasteiger partial charge in [0.25, 0.3) is 0 Å². The van der Waals surface area contributed by atoms with Gasteiger partial charge in [0, 0.05) is 12.4 Å². The number of hydroxylamine groups is 1. The third kappa shape index (κ3) is 1.61. The maximum absolute atomic E-state index is 8.47. The highest BCUT2D eigenvalue weighted by Crippen LogP contribution is 2.05. The molecule has 13 heavy (non-hydrogen) atoms. The summed E-state index contributed by atoms with van der Waals surface area (Å²) in [6, 6.07) is 3.61.